The number of nitrogens with one attached hydrogen (secondary N) is 2. The Kier molecular flexibility index (Phi) is 4.60. The van der Waals surface area contributed by atoms with Gasteiger partial charge in [0, 0.05) is 30.0 Å². The first kappa shape index (κ1) is 19.4. The largest absolute Gasteiger partial charge is 0.357 e. The van der Waals surface area contributed by atoms with Crippen molar-refractivity contribution in [2.45, 2.75) is 13.3 Å². The lowest BCUT2D eigenvalue weighted by molar-refractivity contribution is -0.118. The molecule has 1 aliphatic heterocycles. The summed E-state index contributed by atoms with van der Waals surface area (Å²) in [6.45, 7) is 1.75. The summed E-state index contributed by atoms with van der Waals surface area (Å²) >= 11 is 6.21. The van der Waals surface area contributed by atoms with Crippen molar-refractivity contribution in [1.29, 1.82) is 0 Å². The molecule has 29 heavy (non-hydrogen) atoms. The van der Waals surface area contributed by atoms with E-state index in [9.17, 15) is 18.0 Å². The van der Waals surface area contributed by atoms with Gasteiger partial charge in [-0.1, -0.05) is 29.8 Å². The molecule has 0 fully saturated rings. The molecule has 1 aliphatic rings. The summed E-state index contributed by atoms with van der Waals surface area (Å²) in [5.41, 5.74) is 3.28. The molecule has 1 amide bonds. The zero-order valence-electron chi connectivity index (χ0n) is 15.2. The maximum Gasteiger partial charge on any atom is 0.357 e. The van der Waals surface area contributed by atoms with Gasteiger partial charge in [-0.2, -0.15) is 8.42 Å². The summed E-state index contributed by atoms with van der Waals surface area (Å²) in [6.07, 6.45) is 0.410. The zero-order chi connectivity index (χ0) is 20.9. The van der Waals surface area contributed by atoms with E-state index in [-0.39, 0.29) is 22.5 Å². The van der Waals surface area contributed by atoms with Crippen molar-refractivity contribution in [3.05, 3.63) is 52.5 Å². The molecule has 8 nitrogen and oxygen atoms in total. The molecular formula is C19H16ClN3O5S. The highest BCUT2D eigenvalue weighted by atomic mass is 35.5. The van der Waals surface area contributed by atoms with Crippen LogP contribution in [0.15, 0.2) is 36.4 Å². The minimum atomic E-state index is -4.53. The third-order valence-corrected chi connectivity index (χ3v) is 5.55. The summed E-state index contributed by atoms with van der Waals surface area (Å²) in [6, 6.07) is 10.2. The first-order valence-corrected chi connectivity index (χ1v) is 10.5. The Labute approximate surface area is 171 Å². The summed E-state index contributed by atoms with van der Waals surface area (Å²) < 4.78 is 35.2. The lowest BCUT2D eigenvalue weighted by Crippen LogP contribution is -2.22. The molecule has 150 valence electrons. The number of benzene rings is 2. The Morgan fingerprint density at radius 1 is 1.21 bits per heavy atom. The van der Waals surface area contributed by atoms with E-state index in [1.54, 1.807) is 16.7 Å². The molecular weight excluding hydrogens is 418 g/mol. The summed E-state index contributed by atoms with van der Waals surface area (Å²) in [7, 11) is -4.53. The van der Waals surface area contributed by atoms with Gasteiger partial charge in [0.05, 0.1) is 21.9 Å². The molecule has 0 unspecified atom stereocenters. The quantitative estimate of drug-likeness (QED) is 0.418. The third-order valence-electron chi connectivity index (χ3n) is 4.76. The predicted octanol–water partition coefficient (Wildman–Crippen LogP) is 2.86. The van der Waals surface area contributed by atoms with Gasteiger partial charge >= 0.3 is 10.3 Å². The number of amides is 1. The van der Waals surface area contributed by atoms with Crippen LogP contribution in [0.5, 0.6) is 0 Å². The average molecular weight is 434 g/mol. The lowest BCUT2D eigenvalue weighted by atomic mass is 10.00. The molecule has 0 spiro atoms. The Morgan fingerprint density at radius 2 is 1.90 bits per heavy atom. The molecule has 0 saturated heterocycles. The minimum Gasteiger partial charge on any atom is -0.356 e. The normalized spacial score (nSPS) is 12.7. The number of aromatic nitrogens is 1. The van der Waals surface area contributed by atoms with E-state index in [4.69, 9.17) is 16.2 Å². The SMILES string of the molecule is CC(=O)NCCc1c2n(c3cc(Cl)c(NS(=O)(=O)O)cc13)C(=O)c1ccccc1-2. The van der Waals surface area contributed by atoms with Crippen LogP contribution in [-0.4, -0.2) is 35.9 Å². The number of carbonyl (C=O) groups excluding carboxylic acids is 2. The number of fused-ring (bicyclic) bond motifs is 5. The van der Waals surface area contributed by atoms with Gasteiger partial charge in [0.1, 0.15) is 0 Å². The van der Waals surface area contributed by atoms with Gasteiger partial charge in [0.25, 0.3) is 5.91 Å². The van der Waals surface area contributed by atoms with Gasteiger partial charge in [-0.25, -0.2) is 0 Å². The number of nitrogens with zero attached hydrogens (tertiary/aromatic N) is 1. The fraction of sp³-hybridized carbons (Fsp3) is 0.158. The molecule has 10 heteroatoms. The van der Waals surface area contributed by atoms with Crippen LogP contribution in [0.25, 0.3) is 22.2 Å². The average Bonchev–Trinajstić information content (AvgIpc) is 3.08. The molecule has 2 heterocycles. The van der Waals surface area contributed by atoms with Gasteiger partial charge < -0.3 is 5.32 Å². The topological polar surface area (TPSA) is 118 Å². The summed E-state index contributed by atoms with van der Waals surface area (Å²) in [4.78, 5) is 24.3. The van der Waals surface area contributed by atoms with Crippen LogP contribution < -0.4 is 10.0 Å². The minimum absolute atomic E-state index is 0.00699. The van der Waals surface area contributed by atoms with Gasteiger partial charge in [0.15, 0.2) is 0 Å². The van der Waals surface area contributed by atoms with Crippen molar-refractivity contribution in [3.8, 4) is 11.3 Å². The van der Waals surface area contributed by atoms with Crippen LogP contribution in [-0.2, 0) is 21.5 Å². The van der Waals surface area contributed by atoms with E-state index in [2.05, 4.69) is 5.32 Å². The van der Waals surface area contributed by atoms with Gasteiger partial charge in [-0.3, -0.25) is 23.4 Å². The third kappa shape index (κ3) is 3.37. The maximum atomic E-state index is 13.0. The van der Waals surface area contributed by atoms with E-state index in [0.29, 0.717) is 35.1 Å². The van der Waals surface area contributed by atoms with E-state index in [0.717, 1.165) is 11.1 Å². The number of hydrogen-bond acceptors (Lipinski definition) is 4. The lowest BCUT2D eigenvalue weighted by Gasteiger charge is -2.09. The van der Waals surface area contributed by atoms with Crippen LogP contribution in [0.3, 0.4) is 0 Å². The molecule has 2 aromatic carbocycles. The van der Waals surface area contributed by atoms with Crippen LogP contribution in [0.1, 0.15) is 22.8 Å². The van der Waals surface area contributed by atoms with Crippen LogP contribution in [0.2, 0.25) is 5.02 Å². The first-order chi connectivity index (χ1) is 13.7. The second-order valence-corrected chi connectivity index (χ2v) is 8.23. The summed E-state index contributed by atoms with van der Waals surface area (Å²) in [5.74, 6) is -0.392. The van der Waals surface area contributed by atoms with Crippen LogP contribution >= 0.6 is 11.6 Å². The zero-order valence-corrected chi connectivity index (χ0v) is 16.8. The fourth-order valence-corrected chi connectivity index (χ4v) is 4.40. The van der Waals surface area contributed by atoms with Gasteiger partial charge in [0.2, 0.25) is 5.91 Å². The second kappa shape index (κ2) is 6.87. The van der Waals surface area contributed by atoms with Gasteiger partial charge in [-0.15, -0.1) is 0 Å². The van der Waals surface area contributed by atoms with E-state index >= 15 is 0 Å². The molecule has 3 N–H and O–H groups in total. The number of rotatable bonds is 5. The van der Waals surface area contributed by atoms with Crippen LogP contribution in [0.4, 0.5) is 5.69 Å². The standard InChI is InChI=1S/C19H16ClN3O5S/c1-10(24)21-7-6-12-14-8-16(22-29(26,27)28)15(20)9-17(14)23-18(12)11-4-2-3-5-13(11)19(23)25/h2-5,8-9,22H,6-7H2,1H3,(H,21,24)(H,26,27,28). The molecule has 0 radical (unpaired) electrons. The Bertz CT molecular complexity index is 1300. The second-order valence-electron chi connectivity index (χ2n) is 6.67. The maximum absolute atomic E-state index is 13.0. The number of carbonyl (C=O) groups is 2. The molecule has 0 bridgehead atoms. The van der Waals surface area contributed by atoms with E-state index in [1.807, 2.05) is 16.9 Å². The Hall–Kier alpha value is -2.88. The number of hydrogen-bond donors (Lipinski definition) is 3. The number of anilines is 1. The van der Waals surface area contributed by atoms with Crippen LogP contribution in [0, 0.1) is 0 Å². The molecule has 1 aromatic heterocycles. The van der Waals surface area contributed by atoms with Gasteiger partial charge in [-0.05, 0) is 30.2 Å². The molecule has 0 atom stereocenters. The first-order valence-electron chi connectivity index (χ1n) is 8.68. The smallest absolute Gasteiger partial charge is 0.356 e. The predicted molar refractivity (Wildman–Crippen MR) is 110 cm³/mol. The highest BCUT2D eigenvalue weighted by Gasteiger charge is 2.32. The summed E-state index contributed by atoms with van der Waals surface area (Å²) in [5, 5.41) is 3.36. The molecule has 3 aromatic rings. The van der Waals surface area contributed by atoms with Crippen molar-refractivity contribution in [3.63, 3.8) is 0 Å². The van der Waals surface area contributed by atoms with Crippen molar-refractivity contribution in [1.82, 2.24) is 9.88 Å². The van der Waals surface area contributed by atoms with Crippen molar-refractivity contribution in [2.24, 2.45) is 0 Å². The monoisotopic (exact) mass is 433 g/mol. The molecule has 0 saturated carbocycles. The Balaban J connectivity index is 1.97. The highest BCUT2D eigenvalue weighted by Crippen LogP contribution is 2.43. The molecule has 0 aliphatic carbocycles. The molecule has 4 rings (SSSR count). The highest BCUT2D eigenvalue weighted by molar-refractivity contribution is 7.87. The Morgan fingerprint density at radius 3 is 2.55 bits per heavy atom. The number of halogens is 1. The van der Waals surface area contributed by atoms with E-state index < -0.39 is 10.3 Å². The van der Waals surface area contributed by atoms with Crippen molar-refractivity contribution in [2.75, 3.05) is 11.3 Å². The van der Waals surface area contributed by atoms with E-state index in [1.165, 1.54) is 19.1 Å². The van der Waals surface area contributed by atoms with Crippen molar-refractivity contribution >= 4 is 50.3 Å². The van der Waals surface area contributed by atoms with Crippen molar-refractivity contribution < 1.29 is 22.6 Å². The fourth-order valence-electron chi connectivity index (χ4n) is 3.70.